The van der Waals surface area contributed by atoms with Crippen LogP contribution in [-0.4, -0.2) is 56.2 Å². The summed E-state index contributed by atoms with van der Waals surface area (Å²) < 4.78 is 19.7. The Morgan fingerprint density at radius 1 is 1.28 bits per heavy atom. The molecule has 2 fully saturated rings. The normalized spacial score (nSPS) is 22.0. The molecule has 0 aliphatic carbocycles. The number of rotatable bonds is 5. The van der Waals surface area contributed by atoms with Gasteiger partial charge in [-0.25, -0.2) is 4.39 Å². The minimum atomic E-state index is -0.235. The average molecular weight is 349 g/mol. The molecule has 2 heterocycles. The third-order valence-electron chi connectivity index (χ3n) is 5.15. The zero-order valence-electron chi connectivity index (χ0n) is 15.0. The fourth-order valence-electron chi connectivity index (χ4n) is 3.69. The average Bonchev–Trinajstić information content (AvgIpc) is 2.66. The number of ether oxygens (including phenoxy) is 1. The Hall–Kier alpha value is -1.66. The lowest BCUT2D eigenvalue weighted by molar-refractivity contribution is -0.127. The van der Waals surface area contributed by atoms with Crippen molar-refractivity contribution in [3.8, 4) is 0 Å². The molecule has 3 rings (SSSR count). The van der Waals surface area contributed by atoms with Gasteiger partial charge in [0.2, 0.25) is 5.91 Å². The Bertz CT molecular complexity index is 590. The van der Waals surface area contributed by atoms with Gasteiger partial charge in [-0.2, -0.15) is 0 Å². The number of hydrogen-bond donors (Lipinski definition) is 1. The highest BCUT2D eigenvalue weighted by Gasteiger charge is 2.27. The quantitative estimate of drug-likeness (QED) is 0.885. The summed E-state index contributed by atoms with van der Waals surface area (Å²) in [6.45, 7) is 7.01. The minimum absolute atomic E-state index is 0.0452. The standard InChI is InChI=1S/C19H28FN3O2/c1-2-22-8-4-3-5-18(22)19(24)21-14-15-6-7-17(16(20)13-15)23-9-11-25-12-10-23/h6-7,13,18H,2-5,8-12,14H2,1H3,(H,21,24). The molecule has 5 nitrogen and oxygen atoms in total. The van der Waals surface area contributed by atoms with E-state index >= 15 is 0 Å². The van der Waals surface area contributed by atoms with E-state index in [1.54, 1.807) is 6.07 Å². The lowest BCUT2D eigenvalue weighted by Gasteiger charge is -2.33. The van der Waals surface area contributed by atoms with E-state index in [2.05, 4.69) is 17.1 Å². The molecule has 1 unspecified atom stereocenters. The van der Waals surface area contributed by atoms with Crippen LogP contribution in [0.25, 0.3) is 0 Å². The van der Waals surface area contributed by atoms with Crippen molar-refractivity contribution in [1.82, 2.24) is 10.2 Å². The van der Waals surface area contributed by atoms with Crippen LogP contribution < -0.4 is 10.2 Å². The summed E-state index contributed by atoms with van der Waals surface area (Å²) in [5, 5.41) is 2.98. The number of halogens is 1. The van der Waals surface area contributed by atoms with Crippen LogP contribution in [0, 0.1) is 5.82 Å². The van der Waals surface area contributed by atoms with Crippen LogP contribution in [-0.2, 0) is 16.1 Å². The van der Waals surface area contributed by atoms with E-state index in [1.165, 1.54) is 6.07 Å². The summed E-state index contributed by atoms with van der Waals surface area (Å²) in [6, 6.07) is 5.19. The molecule has 0 spiro atoms. The number of carbonyl (C=O) groups is 1. The number of likely N-dealkylation sites (N-methyl/N-ethyl adjacent to an activating group) is 1. The van der Waals surface area contributed by atoms with Crippen molar-refractivity contribution < 1.29 is 13.9 Å². The van der Waals surface area contributed by atoms with Gasteiger partial charge >= 0.3 is 0 Å². The molecule has 138 valence electrons. The Morgan fingerprint density at radius 2 is 2.08 bits per heavy atom. The van der Waals surface area contributed by atoms with E-state index in [0.717, 1.165) is 37.9 Å². The van der Waals surface area contributed by atoms with Crippen molar-refractivity contribution in [2.75, 3.05) is 44.3 Å². The Kier molecular flexibility index (Phi) is 6.26. The second-order valence-corrected chi connectivity index (χ2v) is 6.74. The van der Waals surface area contributed by atoms with Crippen molar-refractivity contribution in [3.05, 3.63) is 29.6 Å². The van der Waals surface area contributed by atoms with E-state index in [1.807, 2.05) is 11.0 Å². The molecule has 2 aliphatic rings. The molecule has 1 aromatic carbocycles. The highest BCUT2D eigenvalue weighted by molar-refractivity contribution is 5.81. The second kappa shape index (κ2) is 8.63. The number of hydrogen-bond acceptors (Lipinski definition) is 4. The molecule has 1 amide bonds. The third kappa shape index (κ3) is 4.50. The first-order valence-corrected chi connectivity index (χ1v) is 9.32. The number of piperidine rings is 1. The van der Waals surface area contributed by atoms with E-state index in [0.29, 0.717) is 38.5 Å². The molecule has 0 radical (unpaired) electrons. The molecule has 2 saturated heterocycles. The van der Waals surface area contributed by atoms with Gasteiger partial charge in [0.15, 0.2) is 0 Å². The molecule has 1 atom stereocenters. The van der Waals surface area contributed by atoms with Crippen LogP contribution in [0.1, 0.15) is 31.7 Å². The number of amides is 1. The number of benzene rings is 1. The van der Waals surface area contributed by atoms with Crippen molar-refractivity contribution in [1.29, 1.82) is 0 Å². The lowest BCUT2D eigenvalue weighted by atomic mass is 10.0. The maximum absolute atomic E-state index is 14.4. The van der Waals surface area contributed by atoms with Gasteiger partial charge in [-0.05, 0) is 43.6 Å². The van der Waals surface area contributed by atoms with Crippen LogP contribution in [0.3, 0.4) is 0 Å². The van der Waals surface area contributed by atoms with E-state index in [9.17, 15) is 9.18 Å². The second-order valence-electron chi connectivity index (χ2n) is 6.74. The maximum atomic E-state index is 14.4. The smallest absolute Gasteiger partial charge is 0.237 e. The maximum Gasteiger partial charge on any atom is 0.237 e. The van der Waals surface area contributed by atoms with E-state index in [4.69, 9.17) is 4.74 Å². The first-order chi connectivity index (χ1) is 12.2. The molecule has 0 bridgehead atoms. The molecular weight excluding hydrogens is 321 g/mol. The van der Waals surface area contributed by atoms with Gasteiger partial charge < -0.3 is 15.0 Å². The van der Waals surface area contributed by atoms with Crippen molar-refractivity contribution >= 4 is 11.6 Å². The van der Waals surface area contributed by atoms with Gasteiger partial charge in [-0.15, -0.1) is 0 Å². The first-order valence-electron chi connectivity index (χ1n) is 9.32. The number of carbonyl (C=O) groups excluding carboxylic acids is 1. The fourth-order valence-corrected chi connectivity index (χ4v) is 3.69. The van der Waals surface area contributed by atoms with Gasteiger partial charge in [0.1, 0.15) is 5.82 Å². The topological polar surface area (TPSA) is 44.8 Å². The molecule has 0 saturated carbocycles. The molecule has 1 N–H and O–H groups in total. The summed E-state index contributed by atoms with van der Waals surface area (Å²) in [4.78, 5) is 16.7. The first kappa shape index (κ1) is 18.1. The Labute approximate surface area is 149 Å². The summed E-state index contributed by atoms with van der Waals surface area (Å²) in [5.74, 6) is -0.180. The van der Waals surface area contributed by atoms with E-state index in [-0.39, 0.29) is 17.8 Å². The number of nitrogens with one attached hydrogen (secondary N) is 1. The van der Waals surface area contributed by atoms with Crippen molar-refractivity contribution in [2.24, 2.45) is 0 Å². The van der Waals surface area contributed by atoms with Crippen LogP contribution in [0.2, 0.25) is 0 Å². The summed E-state index contributed by atoms with van der Waals surface area (Å²) in [7, 11) is 0. The van der Waals surface area contributed by atoms with Crippen molar-refractivity contribution in [3.63, 3.8) is 0 Å². The van der Waals surface area contributed by atoms with Crippen LogP contribution in [0.4, 0.5) is 10.1 Å². The molecule has 0 aromatic heterocycles. The number of morpholine rings is 1. The van der Waals surface area contributed by atoms with Crippen LogP contribution >= 0.6 is 0 Å². The SMILES string of the molecule is CCN1CCCCC1C(=O)NCc1ccc(N2CCOCC2)c(F)c1. The van der Waals surface area contributed by atoms with Crippen molar-refractivity contribution in [2.45, 2.75) is 38.8 Å². The monoisotopic (exact) mass is 349 g/mol. The fraction of sp³-hybridized carbons (Fsp3) is 0.632. The van der Waals surface area contributed by atoms with Gasteiger partial charge in [0, 0.05) is 19.6 Å². The highest BCUT2D eigenvalue weighted by Crippen LogP contribution is 2.22. The zero-order valence-corrected chi connectivity index (χ0v) is 15.0. The Balaban J connectivity index is 1.57. The molecule has 6 heteroatoms. The minimum Gasteiger partial charge on any atom is -0.378 e. The lowest BCUT2D eigenvalue weighted by Crippen LogP contribution is -2.49. The highest BCUT2D eigenvalue weighted by atomic mass is 19.1. The molecule has 2 aliphatic heterocycles. The predicted molar refractivity (Wildman–Crippen MR) is 96.2 cm³/mol. The van der Waals surface area contributed by atoms with Gasteiger partial charge in [-0.3, -0.25) is 9.69 Å². The molecule has 25 heavy (non-hydrogen) atoms. The van der Waals surface area contributed by atoms with Crippen LogP contribution in [0.5, 0.6) is 0 Å². The van der Waals surface area contributed by atoms with Gasteiger partial charge in [-0.1, -0.05) is 19.4 Å². The zero-order chi connectivity index (χ0) is 17.6. The van der Waals surface area contributed by atoms with Crippen LogP contribution in [0.15, 0.2) is 18.2 Å². The summed E-state index contributed by atoms with van der Waals surface area (Å²) in [5.41, 5.74) is 1.41. The van der Waals surface area contributed by atoms with E-state index < -0.39 is 0 Å². The predicted octanol–water partition coefficient (Wildman–Crippen LogP) is 2.15. The Morgan fingerprint density at radius 3 is 2.80 bits per heavy atom. The molecule has 1 aromatic rings. The number of likely N-dealkylation sites (tertiary alicyclic amines) is 1. The largest absolute Gasteiger partial charge is 0.378 e. The molecular formula is C19H28FN3O2. The number of anilines is 1. The summed E-state index contributed by atoms with van der Waals surface area (Å²) >= 11 is 0. The van der Waals surface area contributed by atoms with Gasteiger partial charge in [0.25, 0.3) is 0 Å². The third-order valence-corrected chi connectivity index (χ3v) is 5.15. The summed E-state index contributed by atoms with van der Waals surface area (Å²) in [6.07, 6.45) is 3.16. The van der Waals surface area contributed by atoms with Gasteiger partial charge in [0.05, 0.1) is 24.9 Å². The number of nitrogens with zero attached hydrogens (tertiary/aromatic N) is 2.